The van der Waals surface area contributed by atoms with E-state index in [9.17, 15) is 9.18 Å². The van der Waals surface area contributed by atoms with Crippen LogP contribution in [-0.4, -0.2) is 42.8 Å². The first-order chi connectivity index (χ1) is 14.7. The number of rotatable bonds is 4. The van der Waals surface area contributed by atoms with Crippen LogP contribution in [0.5, 0.6) is 0 Å². The second-order valence-corrected chi connectivity index (χ2v) is 7.95. The predicted octanol–water partition coefficient (Wildman–Crippen LogP) is 3.98. The molecule has 0 saturated carbocycles. The highest BCUT2D eigenvalue weighted by Crippen LogP contribution is 2.25. The van der Waals surface area contributed by atoms with Crippen LogP contribution < -0.4 is 0 Å². The highest BCUT2D eigenvalue weighted by atomic mass is 32.1. The van der Waals surface area contributed by atoms with Crippen LogP contribution in [0.3, 0.4) is 0 Å². The van der Waals surface area contributed by atoms with Crippen LogP contribution in [0, 0.1) is 11.7 Å². The van der Waals surface area contributed by atoms with Crippen molar-refractivity contribution in [2.75, 3.05) is 13.1 Å². The van der Waals surface area contributed by atoms with E-state index < -0.39 is 0 Å². The molecular formula is C21H18FN5O2S. The van der Waals surface area contributed by atoms with Gasteiger partial charge in [-0.05, 0) is 49.1 Å². The zero-order valence-corrected chi connectivity index (χ0v) is 16.8. The van der Waals surface area contributed by atoms with Crippen molar-refractivity contribution in [3.63, 3.8) is 0 Å². The molecule has 5 rings (SSSR count). The SMILES string of the molecule is O=C(c1ccc2nsnc2c1)N1CCC[C@H](Cc2nc(-c3ccccc3F)no2)C1. The fourth-order valence-corrected chi connectivity index (χ4v) is 4.37. The quantitative estimate of drug-likeness (QED) is 0.494. The summed E-state index contributed by atoms with van der Waals surface area (Å²) in [5, 5.41) is 3.92. The Hall–Kier alpha value is -3.20. The number of hydrogen-bond acceptors (Lipinski definition) is 7. The Morgan fingerprint density at radius 1 is 1.20 bits per heavy atom. The van der Waals surface area contributed by atoms with Crippen LogP contribution in [0.1, 0.15) is 29.1 Å². The summed E-state index contributed by atoms with van der Waals surface area (Å²) in [7, 11) is 0. The Bertz CT molecular complexity index is 1210. The molecule has 1 aliphatic heterocycles. The van der Waals surface area contributed by atoms with E-state index in [1.807, 2.05) is 11.0 Å². The minimum absolute atomic E-state index is 0.00725. The first-order valence-corrected chi connectivity index (χ1v) is 10.5. The minimum atomic E-state index is -0.383. The molecule has 152 valence electrons. The van der Waals surface area contributed by atoms with Gasteiger partial charge in [0.1, 0.15) is 16.9 Å². The van der Waals surface area contributed by atoms with E-state index in [-0.39, 0.29) is 23.5 Å². The summed E-state index contributed by atoms with van der Waals surface area (Å²) < 4.78 is 27.7. The molecule has 2 aromatic heterocycles. The molecule has 30 heavy (non-hydrogen) atoms. The summed E-state index contributed by atoms with van der Waals surface area (Å²) in [6.07, 6.45) is 2.43. The number of nitrogens with zero attached hydrogens (tertiary/aromatic N) is 5. The van der Waals surface area contributed by atoms with Crippen molar-refractivity contribution in [1.82, 2.24) is 23.8 Å². The maximum atomic E-state index is 13.9. The van der Waals surface area contributed by atoms with Crippen LogP contribution in [0.2, 0.25) is 0 Å². The highest BCUT2D eigenvalue weighted by molar-refractivity contribution is 7.00. The minimum Gasteiger partial charge on any atom is -0.339 e. The van der Waals surface area contributed by atoms with E-state index in [1.54, 1.807) is 30.3 Å². The van der Waals surface area contributed by atoms with Crippen molar-refractivity contribution in [3.8, 4) is 11.4 Å². The van der Waals surface area contributed by atoms with Gasteiger partial charge < -0.3 is 9.42 Å². The fourth-order valence-electron chi connectivity index (χ4n) is 3.85. The Morgan fingerprint density at radius 3 is 2.97 bits per heavy atom. The Labute approximate surface area is 175 Å². The lowest BCUT2D eigenvalue weighted by molar-refractivity contribution is 0.0668. The lowest BCUT2D eigenvalue weighted by Gasteiger charge is -2.32. The molecule has 1 aliphatic rings. The third-order valence-corrected chi connectivity index (χ3v) is 5.91. The van der Waals surface area contributed by atoms with Crippen molar-refractivity contribution in [2.45, 2.75) is 19.3 Å². The number of benzene rings is 2. The van der Waals surface area contributed by atoms with Crippen molar-refractivity contribution in [3.05, 3.63) is 59.7 Å². The molecule has 0 unspecified atom stereocenters. The first kappa shape index (κ1) is 18.8. The molecule has 1 atom stereocenters. The van der Waals surface area contributed by atoms with Gasteiger partial charge in [0, 0.05) is 25.1 Å². The highest BCUT2D eigenvalue weighted by Gasteiger charge is 2.26. The van der Waals surface area contributed by atoms with Gasteiger partial charge in [0.25, 0.3) is 5.91 Å². The molecule has 1 saturated heterocycles. The van der Waals surface area contributed by atoms with Crippen molar-refractivity contribution < 1.29 is 13.7 Å². The molecule has 1 fully saturated rings. The van der Waals surface area contributed by atoms with Gasteiger partial charge in [-0.15, -0.1) is 0 Å². The molecular weight excluding hydrogens is 405 g/mol. The van der Waals surface area contributed by atoms with Crippen LogP contribution >= 0.6 is 11.7 Å². The topological polar surface area (TPSA) is 85.0 Å². The van der Waals surface area contributed by atoms with Gasteiger partial charge in [-0.3, -0.25) is 4.79 Å². The van der Waals surface area contributed by atoms with E-state index >= 15 is 0 Å². The van der Waals surface area contributed by atoms with Crippen LogP contribution in [0.15, 0.2) is 47.0 Å². The molecule has 1 amide bonds. The number of aromatic nitrogens is 4. The van der Waals surface area contributed by atoms with Crippen LogP contribution in [0.4, 0.5) is 4.39 Å². The molecule has 3 heterocycles. The lowest BCUT2D eigenvalue weighted by atomic mass is 9.94. The second-order valence-electron chi connectivity index (χ2n) is 7.42. The zero-order valence-electron chi connectivity index (χ0n) is 16.0. The third kappa shape index (κ3) is 3.68. The van der Waals surface area contributed by atoms with Crippen LogP contribution in [0.25, 0.3) is 22.4 Å². The normalized spacial score (nSPS) is 16.8. The van der Waals surface area contributed by atoms with Gasteiger partial charge in [-0.2, -0.15) is 13.7 Å². The average molecular weight is 423 g/mol. The number of halogens is 1. The Morgan fingerprint density at radius 2 is 2.07 bits per heavy atom. The summed E-state index contributed by atoms with van der Waals surface area (Å²) in [4.78, 5) is 19.2. The zero-order chi connectivity index (χ0) is 20.5. The molecule has 0 aliphatic carbocycles. The fraction of sp³-hybridized carbons (Fsp3) is 0.286. The van der Waals surface area contributed by atoms with Gasteiger partial charge in [-0.1, -0.05) is 17.3 Å². The Balaban J connectivity index is 1.28. The summed E-state index contributed by atoms with van der Waals surface area (Å²) in [5.74, 6) is 0.527. The van der Waals surface area contributed by atoms with E-state index in [2.05, 4.69) is 18.9 Å². The number of amides is 1. The predicted molar refractivity (Wildman–Crippen MR) is 109 cm³/mol. The summed E-state index contributed by atoms with van der Waals surface area (Å²) in [5.41, 5.74) is 2.48. The number of likely N-dealkylation sites (tertiary alicyclic amines) is 1. The van der Waals surface area contributed by atoms with Gasteiger partial charge >= 0.3 is 0 Å². The molecule has 7 nitrogen and oxygen atoms in total. The van der Waals surface area contributed by atoms with E-state index in [0.29, 0.717) is 36.5 Å². The van der Waals surface area contributed by atoms with Gasteiger partial charge in [0.2, 0.25) is 11.7 Å². The standard InChI is InChI=1S/C21H18FN5O2S/c22-16-6-2-1-5-15(16)20-23-19(29-24-20)10-13-4-3-9-27(12-13)21(28)14-7-8-17-18(11-14)26-30-25-17/h1-2,5-8,11,13H,3-4,9-10,12H2/t13-/m1/s1. The monoisotopic (exact) mass is 423 g/mol. The van der Waals surface area contributed by atoms with Crippen molar-refractivity contribution in [2.24, 2.45) is 5.92 Å². The first-order valence-electron chi connectivity index (χ1n) is 9.76. The Kier molecular flexibility index (Phi) is 4.96. The molecule has 0 radical (unpaired) electrons. The van der Waals surface area contributed by atoms with Gasteiger partial charge in [0.05, 0.1) is 17.3 Å². The van der Waals surface area contributed by atoms with Crippen molar-refractivity contribution in [1.29, 1.82) is 0 Å². The van der Waals surface area contributed by atoms with E-state index in [0.717, 1.165) is 35.6 Å². The summed E-state index contributed by atoms with van der Waals surface area (Å²) in [6, 6.07) is 11.8. The molecule has 0 spiro atoms. The summed E-state index contributed by atoms with van der Waals surface area (Å²) >= 11 is 1.14. The lowest BCUT2D eigenvalue weighted by Crippen LogP contribution is -2.40. The molecule has 2 aromatic carbocycles. The van der Waals surface area contributed by atoms with E-state index in [1.165, 1.54) is 6.07 Å². The third-order valence-electron chi connectivity index (χ3n) is 5.35. The maximum Gasteiger partial charge on any atom is 0.253 e. The smallest absolute Gasteiger partial charge is 0.253 e. The van der Waals surface area contributed by atoms with Crippen molar-refractivity contribution >= 4 is 28.7 Å². The number of carbonyl (C=O) groups is 1. The largest absolute Gasteiger partial charge is 0.339 e. The second kappa shape index (κ2) is 7.91. The molecule has 0 bridgehead atoms. The number of piperidine rings is 1. The van der Waals surface area contributed by atoms with Crippen LogP contribution in [-0.2, 0) is 6.42 Å². The summed E-state index contributed by atoms with van der Waals surface area (Å²) in [6.45, 7) is 1.33. The van der Waals surface area contributed by atoms with E-state index in [4.69, 9.17) is 4.52 Å². The molecule has 4 aromatic rings. The average Bonchev–Trinajstić information content (AvgIpc) is 3.42. The van der Waals surface area contributed by atoms with Gasteiger partial charge in [-0.25, -0.2) is 4.39 Å². The molecule has 9 heteroatoms. The number of hydrogen-bond donors (Lipinski definition) is 0. The number of carbonyl (C=O) groups excluding carboxylic acids is 1. The number of fused-ring (bicyclic) bond motifs is 1. The maximum absolute atomic E-state index is 13.9. The molecule has 0 N–H and O–H groups in total. The van der Waals surface area contributed by atoms with Gasteiger partial charge in [0.15, 0.2) is 0 Å².